The van der Waals surface area contributed by atoms with Crippen molar-refractivity contribution < 1.29 is 10.2 Å². The van der Waals surface area contributed by atoms with Gasteiger partial charge in [-0.1, -0.05) is 0 Å². The standard InChI is InChI=1S/C8H12N2O2/c1-8(9,5-11)6-2-3-10-4-7(6)12/h2-4,11-12H,5,9H2,1H3. The van der Waals surface area contributed by atoms with E-state index in [1.54, 1.807) is 13.0 Å². The van der Waals surface area contributed by atoms with Gasteiger partial charge in [-0.25, -0.2) is 0 Å². The number of aliphatic hydroxyl groups is 1. The highest BCUT2D eigenvalue weighted by molar-refractivity contribution is 5.34. The number of rotatable bonds is 2. The fourth-order valence-electron chi connectivity index (χ4n) is 0.954. The minimum Gasteiger partial charge on any atom is -0.506 e. The molecule has 1 aromatic heterocycles. The Kier molecular flexibility index (Phi) is 2.30. The van der Waals surface area contributed by atoms with Gasteiger partial charge >= 0.3 is 0 Å². The van der Waals surface area contributed by atoms with E-state index in [-0.39, 0.29) is 12.4 Å². The average molecular weight is 168 g/mol. The van der Waals surface area contributed by atoms with Gasteiger partial charge < -0.3 is 15.9 Å². The van der Waals surface area contributed by atoms with Gasteiger partial charge in [0.05, 0.1) is 18.3 Å². The van der Waals surface area contributed by atoms with Crippen molar-refractivity contribution in [3.63, 3.8) is 0 Å². The van der Waals surface area contributed by atoms with Crippen LogP contribution in [-0.2, 0) is 5.54 Å². The molecule has 0 amide bonds. The topological polar surface area (TPSA) is 79.4 Å². The van der Waals surface area contributed by atoms with Crippen LogP contribution in [0, 0.1) is 0 Å². The van der Waals surface area contributed by atoms with Gasteiger partial charge in [0.1, 0.15) is 5.75 Å². The Bertz CT molecular complexity index is 274. The summed E-state index contributed by atoms with van der Waals surface area (Å²) >= 11 is 0. The Labute approximate surface area is 70.7 Å². The highest BCUT2D eigenvalue weighted by Gasteiger charge is 2.22. The fourth-order valence-corrected chi connectivity index (χ4v) is 0.954. The zero-order valence-corrected chi connectivity index (χ0v) is 6.86. The molecule has 1 aromatic rings. The monoisotopic (exact) mass is 168 g/mol. The summed E-state index contributed by atoms with van der Waals surface area (Å²) in [6, 6.07) is 1.59. The number of nitrogens with two attached hydrogens (primary N) is 1. The smallest absolute Gasteiger partial charge is 0.138 e. The molecule has 0 saturated heterocycles. The molecule has 0 spiro atoms. The molecule has 0 radical (unpaired) electrons. The first-order valence-corrected chi connectivity index (χ1v) is 3.61. The normalized spacial score (nSPS) is 15.6. The van der Waals surface area contributed by atoms with Crippen molar-refractivity contribution in [1.82, 2.24) is 4.98 Å². The molecule has 4 nitrogen and oxygen atoms in total. The van der Waals surface area contributed by atoms with Gasteiger partial charge in [-0.2, -0.15) is 0 Å². The lowest BCUT2D eigenvalue weighted by Crippen LogP contribution is -2.36. The maximum atomic E-state index is 9.32. The molecule has 0 aliphatic heterocycles. The molecule has 4 N–H and O–H groups in total. The summed E-state index contributed by atoms with van der Waals surface area (Å²) in [5.41, 5.74) is 5.29. The number of aliphatic hydroxyl groups excluding tert-OH is 1. The minimum absolute atomic E-state index is 0.0107. The van der Waals surface area contributed by atoms with Crippen LogP contribution in [0.4, 0.5) is 0 Å². The molecule has 1 atom stereocenters. The van der Waals surface area contributed by atoms with Crippen LogP contribution in [0.3, 0.4) is 0 Å². The zero-order chi connectivity index (χ0) is 9.19. The summed E-state index contributed by atoms with van der Waals surface area (Å²) in [6.07, 6.45) is 2.83. The summed E-state index contributed by atoms with van der Waals surface area (Å²) in [7, 11) is 0. The number of aromatic hydroxyl groups is 1. The van der Waals surface area contributed by atoms with Crippen LogP contribution in [0.5, 0.6) is 5.75 Å². The summed E-state index contributed by atoms with van der Waals surface area (Å²) < 4.78 is 0. The van der Waals surface area contributed by atoms with Gasteiger partial charge in [-0.05, 0) is 13.0 Å². The lowest BCUT2D eigenvalue weighted by Gasteiger charge is -2.22. The Morgan fingerprint density at radius 2 is 2.33 bits per heavy atom. The van der Waals surface area contributed by atoms with Crippen molar-refractivity contribution >= 4 is 0 Å². The SMILES string of the molecule is CC(N)(CO)c1ccncc1O. The van der Waals surface area contributed by atoms with E-state index in [0.29, 0.717) is 5.56 Å². The van der Waals surface area contributed by atoms with E-state index in [0.717, 1.165) is 0 Å². The van der Waals surface area contributed by atoms with Crippen LogP contribution in [-0.4, -0.2) is 21.8 Å². The minimum atomic E-state index is -0.910. The second-order valence-corrected chi connectivity index (χ2v) is 2.97. The van der Waals surface area contributed by atoms with Gasteiger partial charge in [-0.15, -0.1) is 0 Å². The number of hydrogen-bond acceptors (Lipinski definition) is 4. The van der Waals surface area contributed by atoms with Crippen LogP contribution >= 0.6 is 0 Å². The van der Waals surface area contributed by atoms with Crippen LogP contribution in [0.25, 0.3) is 0 Å². The van der Waals surface area contributed by atoms with Gasteiger partial charge in [0.2, 0.25) is 0 Å². The second kappa shape index (κ2) is 3.08. The molecule has 4 heteroatoms. The molecule has 12 heavy (non-hydrogen) atoms. The van der Waals surface area contributed by atoms with E-state index in [1.165, 1.54) is 12.4 Å². The van der Waals surface area contributed by atoms with E-state index < -0.39 is 5.54 Å². The van der Waals surface area contributed by atoms with E-state index in [4.69, 9.17) is 10.8 Å². The van der Waals surface area contributed by atoms with Crippen LogP contribution in [0.1, 0.15) is 12.5 Å². The summed E-state index contributed by atoms with van der Waals surface area (Å²) in [4.78, 5) is 3.71. The fraction of sp³-hybridized carbons (Fsp3) is 0.375. The third-order valence-electron chi connectivity index (χ3n) is 1.74. The van der Waals surface area contributed by atoms with Gasteiger partial charge in [0.15, 0.2) is 0 Å². The molecule has 0 aliphatic carbocycles. The number of aromatic nitrogens is 1. The Hall–Kier alpha value is -1.13. The maximum absolute atomic E-state index is 9.32. The maximum Gasteiger partial charge on any atom is 0.138 e. The van der Waals surface area contributed by atoms with Crippen molar-refractivity contribution in [1.29, 1.82) is 0 Å². The Morgan fingerprint density at radius 3 is 2.83 bits per heavy atom. The molecule has 0 bridgehead atoms. The van der Waals surface area contributed by atoms with E-state index in [9.17, 15) is 5.11 Å². The molecular formula is C8H12N2O2. The lowest BCUT2D eigenvalue weighted by molar-refractivity contribution is 0.206. The third-order valence-corrected chi connectivity index (χ3v) is 1.74. The predicted octanol–water partition coefficient (Wildman–Crippen LogP) is -0.0466. The number of hydrogen-bond donors (Lipinski definition) is 3. The van der Waals surface area contributed by atoms with Crippen molar-refractivity contribution in [2.75, 3.05) is 6.61 Å². The van der Waals surface area contributed by atoms with E-state index >= 15 is 0 Å². The van der Waals surface area contributed by atoms with Crippen LogP contribution in [0.2, 0.25) is 0 Å². The predicted molar refractivity (Wildman–Crippen MR) is 44.5 cm³/mol. The first-order chi connectivity index (χ1) is 5.58. The Balaban J connectivity index is 3.10. The summed E-state index contributed by atoms with van der Waals surface area (Å²) in [5.74, 6) is 0.0107. The number of nitrogens with zero attached hydrogens (tertiary/aromatic N) is 1. The molecule has 0 aliphatic rings. The molecule has 66 valence electrons. The van der Waals surface area contributed by atoms with Crippen LogP contribution in [0.15, 0.2) is 18.5 Å². The second-order valence-electron chi connectivity index (χ2n) is 2.97. The van der Waals surface area contributed by atoms with E-state index in [1.807, 2.05) is 0 Å². The summed E-state index contributed by atoms with van der Waals surface area (Å²) in [6.45, 7) is 1.42. The highest BCUT2D eigenvalue weighted by atomic mass is 16.3. The molecule has 0 saturated carbocycles. The summed E-state index contributed by atoms with van der Waals surface area (Å²) in [5, 5.41) is 18.2. The first kappa shape index (κ1) is 8.96. The zero-order valence-electron chi connectivity index (χ0n) is 6.86. The quantitative estimate of drug-likeness (QED) is 0.578. The largest absolute Gasteiger partial charge is 0.506 e. The molecule has 1 unspecified atom stereocenters. The molecule has 1 heterocycles. The van der Waals surface area contributed by atoms with Crippen molar-refractivity contribution in [3.05, 3.63) is 24.0 Å². The van der Waals surface area contributed by atoms with E-state index in [2.05, 4.69) is 4.98 Å². The Morgan fingerprint density at radius 1 is 1.67 bits per heavy atom. The van der Waals surface area contributed by atoms with Crippen molar-refractivity contribution in [3.8, 4) is 5.75 Å². The average Bonchev–Trinajstić information content (AvgIpc) is 2.05. The molecular weight excluding hydrogens is 156 g/mol. The van der Waals surface area contributed by atoms with Gasteiger partial charge in [-0.3, -0.25) is 4.98 Å². The lowest BCUT2D eigenvalue weighted by atomic mass is 9.95. The highest BCUT2D eigenvalue weighted by Crippen LogP contribution is 2.24. The first-order valence-electron chi connectivity index (χ1n) is 3.61. The van der Waals surface area contributed by atoms with Crippen LogP contribution < -0.4 is 5.73 Å². The van der Waals surface area contributed by atoms with Crippen molar-refractivity contribution in [2.45, 2.75) is 12.5 Å². The molecule has 1 rings (SSSR count). The van der Waals surface area contributed by atoms with Gasteiger partial charge in [0, 0.05) is 11.8 Å². The van der Waals surface area contributed by atoms with Gasteiger partial charge in [0.25, 0.3) is 0 Å². The molecule has 0 aromatic carbocycles. The third kappa shape index (κ3) is 1.54. The number of pyridine rings is 1. The van der Waals surface area contributed by atoms with Crippen molar-refractivity contribution in [2.24, 2.45) is 5.73 Å². The molecule has 0 fully saturated rings.